The smallest absolute Gasteiger partial charge is 0.251 e. The van der Waals surface area contributed by atoms with Crippen molar-refractivity contribution in [1.29, 1.82) is 0 Å². The minimum Gasteiger partial charge on any atom is -0.354 e. The van der Waals surface area contributed by atoms with E-state index < -0.39 is 0 Å². The van der Waals surface area contributed by atoms with Crippen LogP contribution in [0.3, 0.4) is 0 Å². The Morgan fingerprint density at radius 3 is 2.65 bits per heavy atom. The van der Waals surface area contributed by atoms with Crippen LogP contribution >= 0.6 is 11.8 Å². The number of hydrogen-bond donors (Lipinski definition) is 2. The van der Waals surface area contributed by atoms with E-state index in [4.69, 9.17) is 0 Å². The number of H-pyrrole nitrogens is 1. The molecule has 2 aromatic rings. The molecule has 0 aromatic carbocycles. The summed E-state index contributed by atoms with van der Waals surface area (Å²) in [6, 6.07) is 3.33. The number of aromatic nitrogens is 4. The Balaban J connectivity index is 2.23. The molecule has 0 amide bonds. The summed E-state index contributed by atoms with van der Waals surface area (Å²) in [6.07, 6.45) is 1.01. The van der Waals surface area contributed by atoms with Gasteiger partial charge in [0.15, 0.2) is 5.16 Å². The van der Waals surface area contributed by atoms with E-state index in [1.54, 1.807) is 6.92 Å². The van der Waals surface area contributed by atoms with Gasteiger partial charge in [-0.2, -0.15) is 0 Å². The molecule has 0 aliphatic heterocycles. The Hall–Kier alpha value is -1.89. The lowest BCUT2D eigenvalue weighted by molar-refractivity contribution is 0.894. The molecule has 0 saturated carbocycles. The van der Waals surface area contributed by atoms with Crippen molar-refractivity contribution in [2.24, 2.45) is 0 Å². The largest absolute Gasteiger partial charge is 0.354 e. The van der Waals surface area contributed by atoms with Crippen molar-refractivity contribution in [3.05, 3.63) is 33.9 Å². The maximum Gasteiger partial charge on any atom is 0.251 e. The summed E-state index contributed by atoms with van der Waals surface area (Å²) in [5, 5.41) is 4.45. The molecule has 0 aliphatic carbocycles. The lowest BCUT2D eigenvalue weighted by Gasteiger charge is -2.06. The Morgan fingerprint density at radius 2 is 1.95 bits per heavy atom. The predicted molar refractivity (Wildman–Crippen MR) is 79.3 cm³/mol. The van der Waals surface area contributed by atoms with Gasteiger partial charge in [0, 0.05) is 24.0 Å². The maximum atomic E-state index is 11.4. The molecule has 2 rings (SSSR count). The van der Waals surface area contributed by atoms with Crippen LogP contribution in [-0.2, 0) is 0 Å². The van der Waals surface area contributed by atoms with E-state index in [0.717, 1.165) is 23.7 Å². The summed E-state index contributed by atoms with van der Waals surface area (Å²) in [7, 11) is 0. The first-order valence-corrected chi connectivity index (χ1v) is 7.24. The van der Waals surface area contributed by atoms with Crippen molar-refractivity contribution in [2.45, 2.75) is 37.4 Å². The van der Waals surface area contributed by atoms with Gasteiger partial charge in [-0.15, -0.1) is 0 Å². The molecule has 0 atom stereocenters. The third-order valence-corrected chi connectivity index (χ3v) is 3.22. The summed E-state index contributed by atoms with van der Waals surface area (Å²) in [4.78, 5) is 27.1. The van der Waals surface area contributed by atoms with E-state index in [1.165, 1.54) is 17.8 Å². The fourth-order valence-corrected chi connectivity index (χ4v) is 2.51. The number of nitrogens with zero attached hydrogens (tertiary/aromatic N) is 3. The molecule has 0 bridgehead atoms. The zero-order valence-corrected chi connectivity index (χ0v) is 12.5. The normalized spacial score (nSPS) is 10.6. The SMILES string of the molecule is CCCNc1nc(C)cc(Sc2nc(C)cc(=O)[nH]2)n1. The Labute approximate surface area is 121 Å². The molecule has 6 nitrogen and oxygen atoms in total. The van der Waals surface area contributed by atoms with Crippen LogP contribution in [0.25, 0.3) is 0 Å². The van der Waals surface area contributed by atoms with Gasteiger partial charge >= 0.3 is 0 Å². The zero-order chi connectivity index (χ0) is 14.5. The van der Waals surface area contributed by atoms with Gasteiger partial charge in [-0.05, 0) is 38.1 Å². The lowest BCUT2D eigenvalue weighted by atomic mass is 10.4. The number of aromatic amines is 1. The van der Waals surface area contributed by atoms with Crippen molar-refractivity contribution in [2.75, 3.05) is 11.9 Å². The second-order valence-electron chi connectivity index (χ2n) is 4.39. The molecule has 0 aliphatic rings. The Kier molecular flexibility index (Phi) is 4.73. The van der Waals surface area contributed by atoms with Crippen LogP contribution in [0, 0.1) is 13.8 Å². The molecule has 2 N–H and O–H groups in total. The average Bonchev–Trinajstić information content (AvgIpc) is 2.34. The van der Waals surface area contributed by atoms with Crippen LogP contribution in [0.1, 0.15) is 24.7 Å². The standard InChI is InChI=1S/C13H17N5OS/c1-4-5-14-12-15-9(3)7-11(18-12)20-13-16-8(2)6-10(19)17-13/h6-7H,4-5H2,1-3H3,(H,14,15,18)(H,16,17,19). The monoisotopic (exact) mass is 291 g/mol. The van der Waals surface area contributed by atoms with Gasteiger partial charge in [0.25, 0.3) is 5.56 Å². The van der Waals surface area contributed by atoms with Crippen LogP contribution in [-0.4, -0.2) is 26.5 Å². The molecule has 20 heavy (non-hydrogen) atoms. The fraction of sp³-hybridized carbons (Fsp3) is 0.385. The van der Waals surface area contributed by atoms with E-state index in [2.05, 4.69) is 32.2 Å². The molecule has 0 unspecified atom stereocenters. The van der Waals surface area contributed by atoms with Crippen LogP contribution in [0.5, 0.6) is 0 Å². The third-order valence-electron chi connectivity index (χ3n) is 2.41. The van der Waals surface area contributed by atoms with Gasteiger partial charge in [0.1, 0.15) is 5.03 Å². The van der Waals surface area contributed by atoms with Crippen molar-refractivity contribution < 1.29 is 0 Å². The summed E-state index contributed by atoms with van der Waals surface area (Å²) in [5.74, 6) is 0.601. The van der Waals surface area contributed by atoms with Crippen LogP contribution in [0.15, 0.2) is 27.1 Å². The lowest BCUT2D eigenvalue weighted by Crippen LogP contribution is -2.08. The highest BCUT2D eigenvalue weighted by Gasteiger charge is 2.06. The van der Waals surface area contributed by atoms with Crippen LogP contribution in [0.4, 0.5) is 5.95 Å². The molecule has 2 heterocycles. The third kappa shape index (κ3) is 4.06. The molecular weight excluding hydrogens is 274 g/mol. The first-order chi connectivity index (χ1) is 9.56. The predicted octanol–water partition coefficient (Wildman–Crippen LogP) is 2.15. The molecule has 0 saturated heterocycles. The molecule has 106 valence electrons. The molecule has 0 fully saturated rings. The number of rotatable bonds is 5. The quantitative estimate of drug-likeness (QED) is 0.648. The highest BCUT2D eigenvalue weighted by atomic mass is 32.2. The van der Waals surface area contributed by atoms with E-state index in [-0.39, 0.29) is 5.56 Å². The van der Waals surface area contributed by atoms with Crippen molar-refractivity contribution in [1.82, 2.24) is 19.9 Å². The van der Waals surface area contributed by atoms with E-state index in [1.807, 2.05) is 13.0 Å². The summed E-state index contributed by atoms with van der Waals surface area (Å²) in [6.45, 7) is 6.61. The number of aryl methyl sites for hydroxylation is 2. The summed E-state index contributed by atoms with van der Waals surface area (Å²) in [5.41, 5.74) is 1.40. The maximum absolute atomic E-state index is 11.4. The van der Waals surface area contributed by atoms with Gasteiger partial charge in [-0.1, -0.05) is 6.92 Å². The zero-order valence-electron chi connectivity index (χ0n) is 11.7. The second kappa shape index (κ2) is 6.51. The van der Waals surface area contributed by atoms with Gasteiger partial charge in [-0.25, -0.2) is 15.0 Å². The second-order valence-corrected chi connectivity index (χ2v) is 5.40. The highest BCUT2D eigenvalue weighted by molar-refractivity contribution is 7.99. The fourth-order valence-electron chi connectivity index (χ4n) is 1.61. The van der Waals surface area contributed by atoms with Crippen molar-refractivity contribution in [3.63, 3.8) is 0 Å². The minimum atomic E-state index is -0.157. The topological polar surface area (TPSA) is 83.6 Å². The Bertz CT molecular complexity index is 655. The molecule has 7 heteroatoms. The number of hydrogen-bond acceptors (Lipinski definition) is 6. The first kappa shape index (κ1) is 14.5. The minimum absolute atomic E-state index is 0.157. The molecule has 0 spiro atoms. The van der Waals surface area contributed by atoms with Crippen LogP contribution in [0.2, 0.25) is 0 Å². The van der Waals surface area contributed by atoms with Gasteiger partial charge in [0.05, 0.1) is 0 Å². The van der Waals surface area contributed by atoms with Gasteiger partial charge in [0.2, 0.25) is 5.95 Å². The summed E-state index contributed by atoms with van der Waals surface area (Å²) >= 11 is 1.32. The first-order valence-electron chi connectivity index (χ1n) is 6.42. The van der Waals surface area contributed by atoms with Crippen molar-refractivity contribution in [3.8, 4) is 0 Å². The van der Waals surface area contributed by atoms with Crippen LogP contribution < -0.4 is 10.9 Å². The van der Waals surface area contributed by atoms with Gasteiger partial charge in [-0.3, -0.25) is 4.79 Å². The average molecular weight is 291 g/mol. The van der Waals surface area contributed by atoms with E-state index in [0.29, 0.717) is 16.8 Å². The van der Waals surface area contributed by atoms with Gasteiger partial charge < -0.3 is 10.3 Å². The Morgan fingerprint density at radius 1 is 1.20 bits per heavy atom. The number of anilines is 1. The number of nitrogens with one attached hydrogen (secondary N) is 2. The highest BCUT2D eigenvalue weighted by Crippen LogP contribution is 2.23. The van der Waals surface area contributed by atoms with E-state index >= 15 is 0 Å². The molecule has 2 aromatic heterocycles. The molecule has 0 radical (unpaired) electrons. The summed E-state index contributed by atoms with van der Waals surface area (Å²) < 4.78 is 0. The molecular formula is C13H17N5OS. The van der Waals surface area contributed by atoms with E-state index in [9.17, 15) is 4.79 Å². The van der Waals surface area contributed by atoms with Crippen molar-refractivity contribution >= 4 is 17.7 Å².